The van der Waals surface area contributed by atoms with Gasteiger partial charge < -0.3 is 15.0 Å². The van der Waals surface area contributed by atoms with Crippen molar-refractivity contribution in [3.05, 3.63) is 14.5 Å². The molecular weight excluding hydrogens is 280 g/mol. The topological polar surface area (TPSA) is 54.1 Å². The van der Waals surface area contributed by atoms with Crippen LogP contribution >= 0.6 is 23.6 Å². The number of nitrogens with one attached hydrogen (secondary N) is 2. The predicted octanol–water partition coefficient (Wildman–Crippen LogP) is 2.73. The molecule has 0 spiro atoms. The fourth-order valence-electron chi connectivity index (χ4n) is 2.55. The summed E-state index contributed by atoms with van der Waals surface area (Å²) in [5.41, 5.74) is 0.999. The van der Waals surface area contributed by atoms with Crippen molar-refractivity contribution < 1.29 is 9.53 Å². The van der Waals surface area contributed by atoms with E-state index < -0.39 is 0 Å². The minimum absolute atomic E-state index is 0.0691. The monoisotopic (exact) mass is 300 g/mol. The highest BCUT2D eigenvalue weighted by atomic mass is 32.1. The molecule has 2 rings (SSSR count). The van der Waals surface area contributed by atoms with Gasteiger partial charge in [0.15, 0.2) is 3.95 Å². The molecule has 4 nitrogen and oxygen atoms in total. The number of hydrogen-bond donors (Lipinski definition) is 2. The van der Waals surface area contributed by atoms with Gasteiger partial charge in [0, 0.05) is 16.6 Å². The molecule has 0 aromatic carbocycles. The summed E-state index contributed by atoms with van der Waals surface area (Å²) in [6.45, 7) is 6.06. The van der Waals surface area contributed by atoms with Crippen LogP contribution in [-0.2, 0) is 16.0 Å². The van der Waals surface area contributed by atoms with E-state index in [1.165, 1.54) is 11.3 Å². The van der Waals surface area contributed by atoms with Crippen LogP contribution in [0.2, 0.25) is 0 Å². The summed E-state index contributed by atoms with van der Waals surface area (Å²) >= 11 is 6.56. The number of thiazole rings is 1. The summed E-state index contributed by atoms with van der Waals surface area (Å²) in [6, 6.07) is 0.221. The van der Waals surface area contributed by atoms with E-state index in [-0.39, 0.29) is 24.2 Å². The number of carbonyl (C=O) groups excluding carboxylic acids is 1. The van der Waals surface area contributed by atoms with Crippen LogP contribution in [0.15, 0.2) is 0 Å². The lowest BCUT2D eigenvalue weighted by Crippen LogP contribution is -2.44. The minimum atomic E-state index is 0.0691. The Morgan fingerprint density at radius 1 is 1.47 bits per heavy atom. The summed E-state index contributed by atoms with van der Waals surface area (Å²) in [5, 5.41) is 3.10. The molecule has 1 aromatic rings. The van der Waals surface area contributed by atoms with Crippen molar-refractivity contribution in [1.29, 1.82) is 0 Å². The molecule has 19 heavy (non-hydrogen) atoms. The molecule has 1 aliphatic rings. The van der Waals surface area contributed by atoms with Gasteiger partial charge >= 0.3 is 0 Å². The number of H-pyrrole nitrogens is 1. The van der Waals surface area contributed by atoms with Crippen molar-refractivity contribution in [3.63, 3.8) is 0 Å². The zero-order chi connectivity index (χ0) is 14.0. The van der Waals surface area contributed by atoms with Gasteiger partial charge in [-0.1, -0.05) is 0 Å². The first-order valence-corrected chi connectivity index (χ1v) is 7.80. The number of amides is 1. The third-order valence-electron chi connectivity index (χ3n) is 3.31. The number of aryl methyl sites for hydroxylation is 1. The highest BCUT2D eigenvalue weighted by Gasteiger charge is 2.25. The molecule has 2 N–H and O–H groups in total. The molecule has 1 amide bonds. The van der Waals surface area contributed by atoms with Gasteiger partial charge in [-0.2, -0.15) is 0 Å². The van der Waals surface area contributed by atoms with Crippen molar-refractivity contribution in [2.24, 2.45) is 0 Å². The molecule has 2 heterocycles. The Labute approximate surface area is 122 Å². The molecule has 0 unspecified atom stereocenters. The number of carbonyl (C=O) groups is 1. The Kier molecular flexibility index (Phi) is 4.76. The lowest BCUT2D eigenvalue weighted by molar-refractivity contribution is -0.122. The van der Waals surface area contributed by atoms with Gasteiger partial charge in [-0.25, -0.2) is 0 Å². The first-order valence-electron chi connectivity index (χ1n) is 6.57. The van der Waals surface area contributed by atoms with Crippen LogP contribution < -0.4 is 5.32 Å². The van der Waals surface area contributed by atoms with Gasteiger partial charge in [-0.3, -0.25) is 4.79 Å². The molecular formula is C13H20N2O2S2. The van der Waals surface area contributed by atoms with E-state index in [2.05, 4.69) is 24.1 Å². The first-order chi connectivity index (χ1) is 8.94. The van der Waals surface area contributed by atoms with E-state index >= 15 is 0 Å². The average molecular weight is 300 g/mol. The largest absolute Gasteiger partial charge is 0.375 e. The molecule has 0 aliphatic carbocycles. The molecule has 0 saturated carbocycles. The Morgan fingerprint density at radius 2 is 2.11 bits per heavy atom. The maximum atomic E-state index is 12.1. The zero-order valence-electron chi connectivity index (χ0n) is 11.5. The molecule has 0 bridgehead atoms. The lowest BCUT2D eigenvalue weighted by Gasteiger charge is -2.32. The summed E-state index contributed by atoms with van der Waals surface area (Å²) in [7, 11) is 0. The van der Waals surface area contributed by atoms with E-state index in [4.69, 9.17) is 17.0 Å². The second kappa shape index (κ2) is 6.15. The standard InChI is InChI=1S/C13H20N2O2S2/c1-7-4-10(5-8(2)17-7)15-12(16)6-11-9(3)14-13(18)19-11/h7-8,10H,4-6H2,1-3H3,(H,14,18)(H,15,16)/t7-,8-/m0/s1. The maximum Gasteiger partial charge on any atom is 0.225 e. The Morgan fingerprint density at radius 3 is 2.63 bits per heavy atom. The summed E-state index contributed by atoms with van der Waals surface area (Å²) in [6.07, 6.45) is 2.61. The molecule has 106 valence electrons. The summed E-state index contributed by atoms with van der Waals surface area (Å²) in [5.74, 6) is 0.0691. The molecule has 2 atom stereocenters. The molecule has 6 heteroatoms. The van der Waals surface area contributed by atoms with Gasteiger partial charge in [0.25, 0.3) is 0 Å². The Balaban J connectivity index is 1.91. The third-order valence-corrected chi connectivity index (χ3v) is 4.64. The van der Waals surface area contributed by atoms with E-state index in [1.807, 2.05) is 6.92 Å². The van der Waals surface area contributed by atoms with Crippen molar-refractivity contribution in [2.75, 3.05) is 0 Å². The summed E-state index contributed by atoms with van der Waals surface area (Å²) in [4.78, 5) is 16.2. The molecule has 1 aliphatic heterocycles. The maximum absolute atomic E-state index is 12.1. The van der Waals surface area contributed by atoms with Crippen molar-refractivity contribution in [3.8, 4) is 0 Å². The van der Waals surface area contributed by atoms with Crippen molar-refractivity contribution in [1.82, 2.24) is 10.3 Å². The molecule has 1 aromatic heterocycles. The van der Waals surface area contributed by atoms with E-state index in [0.717, 1.165) is 27.4 Å². The zero-order valence-corrected chi connectivity index (χ0v) is 13.1. The van der Waals surface area contributed by atoms with Crippen LogP contribution in [0, 0.1) is 10.9 Å². The van der Waals surface area contributed by atoms with Gasteiger partial charge in [0.2, 0.25) is 5.91 Å². The number of hydrogen-bond acceptors (Lipinski definition) is 4. The predicted molar refractivity (Wildman–Crippen MR) is 79.1 cm³/mol. The fourth-order valence-corrected chi connectivity index (χ4v) is 3.84. The molecule has 1 saturated heterocycles. The van der Waals surface area contributed by atoms with E-state index in [1.54, 1.807) is 0 Å². The molecule has 1 fully saturated rings. The van der Waals surface area contributed by atoms with Crippen LogP contribution in [0.4, 0.5) is 0 Å². The van der Waals surface area contributed by atoms with Crippen molar-refractivity contribution in [2.45, 2.75) is 58.3 Å². The fraction of sp³-hybridized carbons (Fsp3) is 0.692. The van der Waals surface area contributed by atoms with Gasteiger partial charge in [-0.05, 0) is 45.8 Å². The third kappa shape index (κ3) is 4.12. The number of aromatic amines is 1. The van der Waals surface area contributed by atoms with Crippen LogP contribution in [-0.4, -0.2) is 29.1 Å². The van der Waals surface area contributed by atoms with Gasteiger partial charge in [0.1, 0.15) is 0 Å². The highest BCUT2D eigenvalue weighted by Crippen LogP contribution is 2.20. The highest BCUT2D eigenvalue weighted by molar-refractivity contribution is 7.73. The van der Waals surface area contributed by atoms with E-state index in [0.29, 0.717) is 6.42 Å². The number of ether oxygens (including phenoxy) is 1. The average Bonchev–Trinajstić information content (AvgIpc) is 2.55. The smallest absolute Gasteiger partial charge is 0.225 e. The Bertz CT molecular complexity index is 499. The number of rotatable bonds is 3. The van der Waals surface area contributed by atoms with Crippen LogP contribution in [0.1, 0.15) is 37.3 Å². The second-order valence-electron chi connectivity index (χ2n) is 5.23. The lowest BCUT2D eigenvalue weighted by atomic mass is 10.00. The minimum Gasteiger partial charge on any atom is -0.375 e. The second-order valence-corrected chi connectivity index (χ2v) is 7.00. The SMILES string of the molecule is Cc1[nH]c(=S)sc1CC(=O)NC1C[C@H](C)O[C@@H](C)C1. The van der Waals surface area contributed by atoms with Crippen molar-refractivity contribution >= 4 is 29.5 Å². The van der Waals surface area contributed by atoms with Gasteiger partial charge in [0.05, 0.1) is 18.6 Å². The Hall–Kier alpha value is -0.720. The quantitative estimate of drug-likeness (QED) is 0.844. The summed E-state index contributed by atoms with van der Waals surface area (Å²) < 4.78 is 6.40. The van der Waals surface area contributed by atoms with Crippen LogP contribution in [0.3, 0.4) is 0 Å². The number of aromatic nitrogens is 1. The van der Waals surface area contributed by atoms with Gasteiger partial charge in [-0.15, -0.1) is 11.3 Å². The molecule has 0 radical (unpaired) electrons. The first kappa shape index (κ1) is 14.7. The van der Waals surface area contributed by atoms with Crippen LogP contribution in [0.25, 0.3) is 0 Å². The normalized spacial score (nSPS) is 27.2. The van der Waals surface area contributed by atoms with E-state index in [9.17, 15) is 4.79 Å². The van der Waals surface area contributed by atoms with Crippen LogP contribution in [0.5, 0.6) is 0 Å².